The lowest BCUT2D eigenvalue weighted by Gasteiger charge is -2.07. The lowest BCUT2D eigenvalue weighted by atomic mass is 9.96. The predicted molar refractivity (Wildman–Crippen MR) is 119 cm³/mol. The fourth-order valence-corrected chi connectivity index (χ4v) is 4.30. The van der Waals surface area contributed by atoms with Gasteiger partial charge >= 0.3 is 0 Å². The summed E-state index contributed by atoms with van der Waals surface area (Å²) in [5, 5.41) is 5.10. The molecule has 0 spiro atoms. The van der Waals surface area contributed by atoms with Crippen LogP contribution in [-0.2, 0) is 12.8 Å². The summed E-state index contributed by atoms with van der Waals surface area (Å²) in [6, 6.07) is 28.2. The normalized spacial score (nSPS) is 11.6. The molecule has 0 saturated carbocycles. The summed E-state index contributed by atoms with van der Waals surface area (Å²) in [4.78, 5) is 0. The van der Waals surface area contributed by atoms with Gasteiger partial charge in [0, 0.05) is 22.8 Å². The highest BCUT2D eigenvalue weighted by Crippen LogP contribution is 2.38. The molecule has 0 saturated heterocycles. The molecule has 1 nitrogen and oxygen atoms in total. The third kappa shape index (κ3) is 2.88. The van der Waals surface area contributed by atoms with E-state index in [1.807, 2.05) is 0 Å². The molecule has 1 heteroatoms. The van der Waals surface area contributed by atoms with E-state index >= 15 is 0 Å². The molecular weight excluding hydrogens is 340 g/mol. The van der Waals surface area contributed by atoms with Gasteiger partial charge in [-0.25, -0.2) is 0 Å². The number of benzene rings is 4. The minimum Gasteiger partial charge on any atom is -0.455 e. The van der Waals surface area contributed by atoms with Gasteiger partial charge in [0.15, 0.2) is 0 Å². The van der Waals surface area contributed by atoms with Crippen LogP contribution in [0.3, 0.4) is 0 Å². The van der Waals surface area contributed by atoms with Crippen molar-refractivity contribution in [3.05, 3.63) is 95.6 Å². The summed E-state index contributed by atoms with van der Waals surface area (Å²) < 4.78 is 6.59. The van der Waals surface area contributed by atoms with Crippen molar-refractivity contribution >= 4 is 32.7 Å². The molecule has 1 heterocycles. The van der Waals surface area contributed by atoms with Crippen LogP contribution in [-0.4, -0.2) is 0 Å². The number of para-hydroxylation sites is 1. The number of fused-ring (bicyclic) bond motifs is 4. The molecule has 0 aliphatic carbocycles. The Morgan fingerprint density at radius 3 is 2.36 bits per heavy atom. The molecule has 0 bridgehead atoms. The molecule has 0 aliphatic heterocycles. The standard InChI is InChI=1S/C27H24O/c1-2-3-14-23-22-15-8-7-12-20(22)18-25-24-16-9-13-21(26(24)28-27(23)25)17-19-10-5-4-6-11-19/h4-13,15-16,18H,2-3,14,17H2,1H3. The van der Waals surface area contributed by atoms with Crippen LogP contribution in [0, 0.1) is 0 Å². The molecule has 28 heavy (non-hydrogen) atoms. The second-order valence-corrected chi connectivity index (χ2v) is 7.61. The quantitative estimate of drug-likeness (QED) is 0.312. The van der Waals surface area contributed by atoms with Crippen LogP contribution >= 0.6 is 0 Å². The summed E-state index contributed by atoms with van der Waals surface area (Å²) in [6.07, 6.45) is 4.31. The van der Waals surface area contributed by atoms with Crippen LogP contribution in [0.1, 0.15) is 36.5 Å². The van der Waals surface area contributed by atoms with Crippen molar-refractivity contribution in [1.29, 1.82) is 0 Å². The second kappa shape index (κ2) is 7.16. The summed E-state index contributed by atoms with van der Waals surface area (Å²) in [6.45, 7) is 2.25. The number of unbranched alkanes of at least 4 members (excludes halogenated alkanes) is 1. The molecule has 5 rings (SSSR count). The minimum atomic E-state index is 0.891. The highest BCUT2D eigenvalue weighted by molar-refractivity contribution is 6.12. The van der Waals surface area contributed by atoms with E-state index in [4.69, 9.17) is 4.42 Å². The van der Waals surface area contributed by atoms with Gasteiger partial charge in [-0.15, -0.1) is 0 Å². The molecule has 0 N–H and O–H groups in total. The van der Waals surface area contributed by atoms with Gasteiger partial charge in [0.1, 0.15) is 11.2 Å². The molecule has 0 atom stereocenters. The van der Waals surface area contributed by atoms with Gasteiger partial charge in [0.25, 0.3) is 0 Å². The Labute approximate surface area is 165 Å². The van der Waals surface area contributed by atoms with Crippen molar-refractivity contribution in [2.45, 2.75) is 32.6 Å². The largest absolute Gasteiger partial charge is 0.455 e. The maximum Gasteiger partial charge on any atom is 0.139 e. The topological polar surface area (TPSA) is 13.1 Å². The van der Waals surface area contributed by atoms with E-state index in [1.54, 1.807) is 0 Å². The fraction of sp³-hybridized carbons (Fsp3) is 0.185. The average molecular weight is 364 g/mol. The smallest absolute Gasteiger partial charge is 0.139 e. The molecule has 0 fully saturated rings. The Bertz CT molecular complexity index is 1260. The lowest BCUT2D eigenvalue weighted by molar-refractivity contribution is 0.655. The highest BCUT2D eigenvalue weighted by Gasteiger charge is 2.16. The fourth-order valence-electron chi connectivity index (χ4n) is 4.30. The predicted octanol–water partition coefficient (Wildman–Crippen LogP) is 7.67. The maximum absolute atomic E-state index is 6.59. The van der Waals surface area contributed by atoms with E-state index in [0.29, 0.717) is 0 Å². The zero-order valence-corrected chi connectivity index (χ0v) is 16.2. The van der Waals surface area contributed by atoms with Crippen LogP contribution in [0.2, 0.25) is 0 Å². The first-order valence-corrected chi connectivity index (χ1v) is 10.2. The summed E-state index contributed by atoms with van der Waals surface area (Å²) in [5.74, 6) is 0. The Balaban J connectivity index is 1.77. The van der Waals surface area contributed by atoms with Gasteiger partial charge in [-0.3, -0.25) is 0 Å². The third-order valence-corrected chi connectivity index (χ3v) is 5.71. The Morgan fingerprint density at radius 2 is 1.50 bits per heavy atom. The van der Waals surface area contributed by atoms with Gasteiger partial charge in [0.2, 0.25) is 0 Å². The minimum absolute atomic E-state index is 0.891. The molecule has 4 aromatic carbocycles. The zero-order valence-electron chi connectivity index (χ0n) is 16.2. The monoisotopic (exact) mass is 364 g/mol. The molecule has 0 aliphatic rings. The Hall–Kier alpha value is -3.06. The molecule has 0 amide bonds. The van der Waals surface area contributed by atoms with Crippen LogP contribution < -0.4 is 0 Å². The van der Waals surface area contributed by atoms with Crippen molar-refractivity contribution in [2.75, 3.05) is 0 Å². The van der Waals surface area contributed by atoms with E-state index in [2.05, 4.69) is 85.8 Å². The van der Waals surface area contributed by atoms with Crippen LogP contribution in [0.25, 0.3) is 32.7 Å². The molecule has 0 unspecified atom stereocenters. The van der Waals surface area contributed by atoms with Crippen molar-refractivity contribution in [2.24, 2.45) is 0 Å². The van der Waals surface area contributed by atoms with E-state index < -0.39 is 0 Å². The van der Waals surface area contributed by atoms with E-state index in [-0.39, 0.29) is 0 Å². The van der Waals surface area contributed by atoms with Gasteiger partial charge < -0.3 is 4.42 Å². The summed E-state index contributed by atoms with van der Waals surface area (Å²) in [7, 11) is 0. The first kappa shape index (κ1) is 17.1. The number of hydrogen-bond donors (Lipinski definition) is 0. The summed E-state index contributed by atoms with van der Waals surface area (Å²) >= 11 is 0. The first-order chi connectivity index (χ1) is 13.8. The maximum atomic E-state index is 6.59. The summed E-state index contributed by atoms with van der Waals surface area (Å²) in [5.41, 5.74) is 6.03. The second-order valence-electron chi connectivity index (χ2n) is 7.61. The van der Waals surface area contributed by atoms with Gasteiger partial charge in [0.05, 0.1) is 0 Å². The molecular formula is C27H24O. The lowest BCUT2D eigenvalue weighted by Crippen LogP contribution is -1.88. The van der Waals surface area contributed by atoms with Crippen molar-refractivity contribution in [3.8, 4) is 0 Å². The molecule has 5 aromatic rings. The number of aryl methyl sites for hydroxylation is 1. The van der Waals surface area contributed by atoms with Crippen LogP contribution in [0.4, 0.5) is 0 Å². The number of furan rings is 1. The van der Waals surface area contributed by atoms with Gasteiger partial charge in [-0.05, 0) is 40.8 Å². The molecule has 138 valence electrons. The van der Waals surface area contributed by atoms with Crippen LogP contribution in [0.15, 0.2) is 83.3 Å². The Morgan fingerprint density at radius 1 is 0.714 bits per heavy atom. The van der Waals surface area contributed by atoms with E-state index in [1.165, 1.54) is 51.1 Å². The van der Waals surface area contributed by atoms with Gasteiger partial charge in [-0.1, -0.05) is 86.1 Å². The Kier molecular flexibility index (Phi) is 4.37. The third-order valence-electron chi connectivity index (χ3n) is 5.71. The highest BCUT2D eigenvalue weighted by atomic mass is 16.3. The number of rotatable bonds is 5. The van der Waals surface area contributed by atoms with E-state index in [9.17, 15) is 0 Å². The molecule has 0 radical (unpaired) electrons. The van der Waals surface area contributed by atoms with Gasteiger partial charge in [-0.2, -0.15) is 0 Å². The first-order valence-electron chi connectivity index (χ1n) is 10.2. The SMILES string of the molecule is CCCCc1c2ccccc2cc2c1oc1c(Cc3ccccc3)cccc12. The van der Waals surface area contributed by atoms with Crippen LogP contribution in [0.5, 0.6) is 0 Å². The average Bonchev–Trinajstić information content (AvgIpc) is 3.11. The zero-order chi connectivity index (χ0) is 18.9. The van der Waals surface area contributed by atoms with Crippen molar-refractivity contribution < 1.29 is 4.42 Å². The van der Waals surface area contributed by atoms with Crippen molar-refractivity contribution in [3.63, 3.8) is 0 Å². The molecule has 1 aromatic heterocycles. The van der Waals surface area contributed by atoms with E-state index in [0.717, 1.165) is 24.0 Å². The number of hydrogen-bond acceptors (Lipinski definition) is 1. The van der Waals surface area contributed by atoms with Crippen molar-refractivity contribution in [1.82, 2.24) is 0 Å².